The number of nitrogens with zero attached hydrogens (tertiary/aromatic N) is 2. The van der Waals surface area contributed by atoms with Gasteiger partial charge in [0.15, 0.2) is 0 Å². The summed E-state index contributed by atoms with van der Waals surface area (Å²) in [7, 11) is 0. The molecule has 0 radical (unpaired) electrons. The molecule has 2 aliphatic carbocycles. The van der Waals surface area contributed by atoms with Crippen molar-refractivity contribution in [2.45, 2.75) is 38.6 Å². The van der Waals surface area contributed by atoms with Crippen molar-refractivity contribution >= 4 is 28.6 Å². The van der Waals surface area contributed by atoms with E-state index in [9.17, 15) is 14.7 Å². The largest absolute Gasteiger partial charge is 0.481 e. The number of aliphatic carboxylic acids is 1. The Hall–Kier alpha value is -2.63. The van der Waals surface area contributed by atoms with Crippen LogP contribution >= 0.6 is 0 Å². The van der Waals surface area contributed by atoms with Crippen LogP contribution in [0.2, 0.25) is 0 Å². The molecule has 1 fully saturated rings. The molecule has 5 rings (SSSR count). The first-order valence-electron chi connectivity index (χ1n) is 9.83. The van der Waals surface area contributed by atoms with Crippen molar-refractivity contribution in [1.29, 1.82) is 0 Å². The van der Waals surface area contributed by atoms with Crippen LogP contribution in [0.1, 0.15) is 31.5 Å². The van der Waals surface area contributed by atoms with Crippen molar-refractivity contribution in [2.24, 2.45) is 23.7 Å². The second-order valence-electron chi connectivity index (χ2n) is 8.02. The maximum Gasteiger partial charge on any atom is 0.307 e. The molecule has 2 bridgehead atoms. The van der Waals surface area contributed by atoms with Gasteiger partial charge in [0.2, 0.25) is 5.91 Å². The molecule has 0 spiro atoms. The minimum atomic E-state index is -0.875. The van der Waals surface area contributed by atoms with Gasteiger partial charge in [0, 0.05) is 18.7 Å². The highest BCUT2D eigenvalue weighted by Crippen LogP contribution is 2.48. The van der Waals surface area contributed by atoms with Gasteiger partial charge < -0.3 is 15.0 Å². The molecule has 27 heavy (non-hydrogen) atoms. The van der Waals surface area contributed by atoms with Gasteiger partial charge in [-0.1, -0.05) is 18.6 Å². The Morgan fingerprint density at radius 1 is 1.11 bits per heavy atom. The molecule has 0 unspecified atom stereocenters. The zero-order chi connectivity index (χ0) is 18.5. The van der Waals surface area contributed by atoms with Crippen LogP contribution in [0.4, 0.5) is 5.69 Å². The Morgan fingerprint density at radius 2 is 1.93 bits per heavy atom. The highest BCUT2D eigenvalue weighted by molar-refractivity contribution is 5.97. The van der Waals surface area contributed by atoms with E-state index < -0.39 is 17.8 Å². The van der Waals surface area contributed by atoms with Crippen LogP contribution in [0, 0.1) is 23.7 Å². The molecule has 2 N–H and O–H groups in total. The van der Waals surface area contributed by atoms with Crippen LogP contribution in [-0.4, -0.2) is 26.5 Å². The zero-order valence-corrected chi connectivity index (χ0v) is 15.1. The van der Waals surface area contributed by atoms with Gasteiger partial charge in [-0.2, -0.15) is 0 Å². The number of carboxylic acids is 1. The SMILES string of the molecule is O=C(O)[C@@H]1[C@@H](C(=O)Nc2ccc3c(c2)nc2n3CCCCC2)[C@H]2C=C[C@H]1C2. The first kappa shape index (κ1) is 16.5. The van der Waals surface area contributed by atoms with Crippen molar-refractivity contribution in [2.75, 3.05) is 5.32 Å². The Morgan fingerprint density at radius 3 is 2.74 bits per heavy atom. The number of nitrogens with one attached hydrogen (secondary N) is 1. The summed E-state index contributed by atoms with van der Waals surface area (Å²) in [5.41, 5.74) is 2.69. The number of amides is 1. The molecule has 6 nitrogen and oxygen atoms in total. The van der Waals surface area contributed by atoms with Gasteiger partial charge in [-0.05, 0) is 49.3 Å². The number of aryl methyl sites for hydroxylation is 2. The zero-order valence-electron chi connectivity index (χ0n) is 15.1. The van der Waals surface area contributed by atoms with Gasteiger partial charge in [0.05, 0.1) is 22.9 Å². The van der Waals surface area contributed by atoms with E-state index in [1.807, 2.05) is 30.4 Å². The normalized spacial score (nSPS) is 28.9. The fourth-order valence-electron chi connectivity index (χ4n) is 5.17. The summed E-state index contributed by atoms with van der Waals surface area (Å²) in [5.74, 6) is -1.05. The quantitative estimate of drug-likeness (QED) is 0.818. The van der Waals surface area contributed by atoms with E-state index in [2.05, 4.69) is 9.88 Å². The van der Waals surface area contributed by atoms with Gasteiger partial charge in [0.25, 0.3) is 0 Å². The van der Waals surface area contributed by atoms with Crippen LogP contribution in [-0.2, 0) is 22.6 Å². The van der Waals surface area contributed by atoms with E-state index in [0.29, 0.717) is 5.69 Å². The minimum Gasteiger partial charge on any atom is -0.481 e. The second kappa shape index (κ2) is 6.22. The van der Waals surface area contributed by atoms with E-state index in [0.717, 1.165) is 36.2 Å². The molecule has 1 saturated carbocycles. The number of carbonyl (C=O) groups excluding carboxylic acids is 1. The summed E-state index contributed by atoms with van der Waals surface area (Å²) in [5, 5.41) is 12.5. The van der Waals surface area contributed by atoms with E-state index in [1.165, 1.54) is 19.3 Å². The predicted octanol–water partition coefficient (Wildman–Crippen LogP) is 3.22. The molecule has 140 valence electrons. The number of benzene rings is 1. The fourth-order valence-corrected chi connectivity index (χ4v) is 5.17. The first-order chi connectivity index (χ1) is 13.1. The van der Waals surface area contributed by atoms with Crippen LogP contribution < -0.4 is 5.32 Å². The number of carbonyl (C=O) groups is 2. The minimum absolute atomic E-state index is 0.0190. The Bertz CT molecular complexity index is 961. The Balaban J connectivity index is 1.41. The summed E-state index contributed by atoms with van der Waals surface area (Å²) in [4.78, 5) is 29.3. The second-order valence-corrected chi connectivity index (χ2v) is 8.02. The average Bonchev–Trinajstić information content (AvgIpc) is 3.30. The fraction of sp³-hybridized carbons (Fsp3) is 0.476. The predicted molar refractivity (Wildman–Crippen MR) is 101 cm³/mol. The highest BCUT2D eigenvalue weighted by Gasteiger charge is 2.51. The average molecular weight is 365 g/mol. The molecule has 6 heteroatoms. The van der Waals surface area contributed by atoms with Crippen molar-refractivity contribution in [3.05, 3.63) is 36.2 Å². The smallest absolute Gasteiger partial charge is 0.307 e. The maximum absolute atomic E-state index is 12.9. The van der Waals surface area contributed by atoms with Gasteiger partial charge >= 0.3 is 5.97 Å². The van der Waals surface area contributed by atoms with Crippen molar-refractivity contribution < 1.29 is 14.7 Å². The van der Waals surface area contributed by atoms with E-state index >= 15 is 0 Å². The lowest BCUT2D eigenvalue weighted by Gasteiger charge is -2.23. The summed E-state index contributed by atoms with van der Waals surface area (Å²) < 4.78 is 2.29. The van der Waals surface area contributed by atoms with Crippen molar-refractivity contribution in [3.8, 4) is 0 Å². The molecular weight excluding hydrogens is 342 g/mol. The number of carboxylic acid groups (broad SMARTS) is 1. The molecule has 1 aromatic heterocycles. The van der Waals surface area contributed by atoms with Crippen LogP contribution in [0.15, 0.2) is 30.4 Å². The molecule has 0 saturated heterocycles. The molecule has 1 amide bonds. The van der Waals surface area contributed by atoms with Gasteiger partial charge in [-0.3, -0.25) is 9.59 Å². The maximum atomic E-state index is 12.9. The number of anilines is 1. The third kappa shape index (κ3) is 2.66. The summed E-state index contributed by atoms with van der Waals surface area (Å²) in [6.07, 6.45) is 9.30. The molecule has 2 aromatic rings. The third-order valence-electron chi connectivity index (χ3n) is 6.42. The van der Waals surface area contributed by atoms with Crippen LogP contribution in [0.5, 0.6) is 0 Å². The van der Waals surface area contributed by atoms with Crippen molar-refractivity contribution in [1.82, 2.24) is 9.55 Å². The summed E-state index contributed by atoms with van der Waals surface area (Å²) in [6.45, 7) is 0.995. The van der Waals surface area contributed by atoms with Crippen LogP contribution in [0.3, 0.4) is 0 Å². The van der Waals surface area contributed by atoms with E-state index in [4.69, 9.17) is 4.98 Å². The topological polar surface area (TPSA) is 84.2 Å². The van der Waals surface area contributed by atoms with Gasteiger partial charge in [-0.15, -0.1) is 0 Å². The molecule has 1 aliphatic heterocycles. The molecule has 1 aromatic carbocycles. The van der Waals surface area contributed by atoms with Gasteiger partial charge in [0.1, 0.15) is 5.82 Å². The number of fused-ring (bicyclic) bond motifs is 5. The van der Waals surface area contributed by atoms with E-state index in [1.54, 1.807) is 0 Å². The molecule has 3 aliphatic rings. The third-order valence-corrected chi connectivity index (χ3v) is 6.42. The standard InChI is InChI=1S/C21H23N3O3/c25-20(18-12-5-6-13(10-12)19(18)21(26)27)22-14-7-8-16-15(11-14)23-17-4-2-1-3-9-24(16)17/h5-8,11-13,18-19H,1-4,9-10H2,(H,22,25)(H,26,27)/t12-,13-,18-,19-/m0/s1. The van der Waals surface area contributed by atoms with Crippen LogP contribution in [0.25, 0.3) is 11.0 Å². The lowest BCUT2D eigenvalue weighted by Crippen LogP contribution is -2.36. The Labute approximate surface area is 157 Å². The Kier molecular flexibility index (Phi) is 3.81. The number of hydrogen-bond donors (Lipinski definition) is 2. The molecule has 2 heterocycles. The first-order valence-corrected chi connectivity index (χ1v) is 9.83. The number of imidazole rings is 1. The molecular formula is C21H23N3O3. The van der Waals surface area contributed by atoms with Crippen molar-refractivity contribution in [3.63, 3.8) is 0 Å². The lowest BCUT2D eigenvalue weighted by atomic mass is 9.82. The lowest BCUT2D eigenvalue weighted by molar-refractivity contribution is -0.146. The summed E-state index contributed by atoms with van der Waals surface area (Å²) >= 11 is 0. The number of aromatic nitrogens is 2. The van der Waals surface area contributed by atoms with Gasteiger partial charge in [-0.25, -0.2) is 4.98 Å². The number of hydrogen-bond acceptors (Lipinski definition) is 3. The molecule has 4 atom stereocenters. The monoisotopic (exact) mass is 365 g/mol. The highest BCUT2D eigenvalue weighted by atomic mass is 16.4. The summed E-state index contributed by atoms with van der Waals surface area (Å²) in [6, 6.07) is 5.83. The number of rotatable bonds is 3. The van der Waals surface area contributed by atoms with E-state index in [-0.39, 0.29) is 17.7 Å². The number of allylic oxidation sites excluding steroid dienone is 2.